The highest BCUT2D eigenvalue weighted by Gasteiger charge is 2.42. The summed E-state index contributed by atoms with van der Waals surface area (Å²) in [7, 11) is -3.82. The highest BCUT2D eigenvalue weighted by Crippen LogP contribution is 2.40. The third kappa shape index (κ3) is 9.56. The van der Waals surface area contributed by atoms with Crippen molar-refractivity contribution in [2.75, 3.05) is 6.61 Å². The summed E-state index contributed by atoms with van der Waals surface area (Å²) >= 11 is 0. The van der Waals surface area contributed by atoms with Crippen molar-refractivity contribution in [3.8, 4) is 0 Å². The maximum Gasteiger partial charge on any atom is 0.192 e. The van der Waals surface area contributed by atoms with E-state index >= 15 is 0 Å². The van der Waals surface area contributed by atoms with Gasteiger partial charge in [0.25, 0.3) is 0 Å². The number of carbonyl (C=O) groups is 1. The Labute approximate surface area is 213 Å². The number of carbonyl (C=O) groups excluding carboxylic acids is 1. The third-order valence-corrected chi connectivity index (χ3v) is 16.9. The van der Waals surface area contributed by atoms with Crippen LogP contribution in [0.1, 0.15) is 67.4 Å². The fraction of sp³-hybridized carbons (Fsp3) is 0.690. The van der Waals surface area contributed by atoms with Crippen LogP contribution in [0.2, 0.25) is 36.3 Å². The molecule has 0 saturated heterocycles. The minimum absolute atomic E-state index is 0.0174. The Bertz CT molecular complexity index is 786. The second-order valence-corrected chi connectivity index (χ2v) is 22.6. The Morgan fingerprint density at radius 2 is 1.44 bits per heavy atom. The summed E-state index contributed by atoms with van der Waals surface area (Å²) in [6.07, 6.45) is 5.17. The summed E-state index contributed by atoms with van der Waals surface area (Å²) in [5.74, 6) is 0.544. The van der Waals surface area contributed by atoms with E-state index in [1.807, 2.05) is 18.2 Å². The maximum absolute atomic E-state index is 12.6. The average Bonchev–Trinajstić information content (AvgIpc) is 2.71. The van der Waals surface area contributed by atoms with Crippen molar-refractivity contribution in [2.45, 2.75) is 111 Å². The molecule has 0 bridgehead atoms. The fourth-order valence-electron chi connectivity index (χ4n) is 3.27. The van der Waals surface area contributed by atoms with E-state index in [9.17, 15) is 4.79 Å². The maximum atomic E-state index is 12.6. The summed E-state index contributed by atoms with van der Waals surface area (Å²) in [5, 5.41) is 0.305. The first-order valence-corrected chi connectivity index (χ1v) is 18.8. The minimum atomic E-state index is -1.98. The van der Waals surface area contributed by atoms with Crippen LogP contribution in [-0.2, 0) is 20.1 Å². The second kappa shape index (κ2) is 12.3. The van der Waals surface area contributed by atoms with Crippen LogP contribution in [0.25, 0.3) is 0 Å². The van der Waals surface area contributed by atoms with E-state index < -0.39 is 16.6 Å². The first-order chi connectivity index (χ1) is 15.4. The molecule has 0 heterocycles. The molecule has 1 rings (SSSR count). The first-order valence-electron chi connectivity index (χ1n) is 12.9. The van der Waals surface area contributed by atoms with Crippen molar-refractivity contribution in [3.63, 3.8) is 0 Å². The number of rotatable bonds is 12. The molecule has 0 fully saturated rings. The van der Waals surface area contributed by atoms with Crippen molar-refractivity contribution in [1.82, 2.24) is 0 Å². The van der Waals surface area contributed by atoms with E-state index in [0.717, 1.165) is 6.42 Å². The summed E-state index contributed by atoms with van der Waals surface area (Å²) < 4.78 is 13.5. The van der Waals surface area contributed by atoms with Crippen LogP contribution in [0, 0.1) is 11.8 Å². The van der Waals surface area contributed by atoms with E-state index in [-0.39, 0.29) is 33.8 Å². The lowest BCUT2D eigenvalue weighted by Crippen LogP contribution is -2.49. The first kappa shape index (κ1) is 31.0. The van der Waals surface area contributed by atoms with Gasteiger partial charge in [-0.1, -0.05) is 91.8 Å². The lowest BCUT2D eigenvalue weighted by atomic mass is 9.93. The summed E-state index contributed by atoms with van der Waals surface area (Å²) in [6.45, 7) is 28.0. The van der Waals surface area contributed by atoms with Crippen LogP contribution >= 0.6 is 0 Å². The average molecular weight is 505 g/mol. The summed E-state index contributed by atoms with van der Waals surface area (Å²) in [6, 6.07) is 10.2. The van der Waals surface area contributed by atoms with E-state index in [1.165, 1.54) is 5.56 Å². The van der Waals surface area contributed by atoms with Gasteiger partial charge in [0, 0.05) is 18.9 Å². The van der Waals surface area contributed by atoms with Gasteiger partial charge in [-0.2, -0.15) is 0 Å². The monoisotopic (exact) mass is 504 g/mol. The molecule has 34 heavy (non-hydrogen) atoms. The number of ketones is 1. The Kier molecular flexibility index (Phi) is 11.2. The Balaban J connectivity index is 2.95. The molecule has 0 saturated carbocycles. The molecule has 0 N–H and O–H groups in total. The summed E-state index contributed by atoms with van der Waals surface area (Å²) in [5.41, 5.74) is 1.20. The van der Waals surface area contributed by atoms with Crippen LogP contribution in [0.15, 0.2) is 42.5 Å². The lowest BCUT2D eigenvalue weighted by Gasteiger charge is -2.43. The molecule has 0 aliphatic heterocycles. The zero-order valence-corrected chi connectivity index (χ0v) is 26.1. The SMILES string of the molecule is C[C@@H](/C=C/C(=O)CCc1ccccc1)[C@@H](O[Si](C)(C)C(C)(C)C)[C@@H](C)CO[Si](C)(C)C(C)(C)C. The molecule has 0 aliphatic carbocycles. The molecule has 3 nitrogen and oxygen atoms in total. The van der Waals surface area contributed by atoms with Gasteiger partial charge in [0.05, 0.1) is 6.10 Å². The van der Waals surface area contributed by atoms with E-state index in [2.05, 4.69) is 99.8 Å². The molecule has 0 unspecified atom stereocenters. The van der Waals surface area contributed by atoms with Crippen LogP contribution in [-0.4, -0.2) is 35.1 Å². The molecular weight excluding hydrogens is 452 g/mol. The number of benzene rings is 1. The van der Waals surface area contributed by atoms with Crippen molar-refractivity contribution < 1.29 is 13.6 Å². The number of hydrogen-bond donors (Lipinski definition) is 0. The zero-order chi connectivity index (χ0) is 26.4. The van der Waals surface area contributed by atoms with Crippen molar-refractivity contribution in [1.29, 1.82) is 0 Å². The van der Waals surface area contributed by atoms with Gasteiger partial charge in [-0.05, 0) is 60.2 Å². The smallest absolute Gasteiger partial charge is 0.192 e. The largest absolute Gasteiger partial charge is 0.416 e. The molecule has 0 spiro atoms. The molecule has 0 radical (unpaired) electrons. The number of hydrogen-bond acceptors (Lipinski definition) is 3. The zero-order valence-electron chi connectivity index (χ0n) is 24.1. The van der Waals surface area contributed by atoms with Crippen molar-refractivity contribution >= 4 is 22.4 Å². The Morgan fingerprint density at radius 3 is 1.94 bits per heavy atom. The van der Waals surface area contributed by atoms with Crippen LogP contribution < -0.4 is 0 Å². The molecule has 0 aliphatic rings. The van der Waals surface area contributed by atoms with Crippen LogP contribution in [0.4, 0.5) is 0 Å². The Hall–Kier alpha value is -1.02. The van der Waals surface area contributed by atoms with E-state index in [1.54, 1.807) is 6.08 Å². The quantitative estimate of drug-likeness (QED) is 0.212. The summed E-state index contributed by atoms with van der Waals surface area (Å²) in [4.78, 5) is 12.6. The Morgan fingerprint density at radius 1 is 0.912 bits per heavy atom. The number of aryl methyl sites for hydroxylation is 1. The normalized spacial score (nSPS) is 16.5. The fourth-order valence-corrected chi connectivity index (χ4v) is 5.87. The molecule has 1 aromatic rings. The van der Waals surface area contributed by atoms with Gasteiger partial charge in [-0.3, -0.25) is 4.79 Å². The lowest BCUT2D eigenvalue weighted by molar-refractivity contribution is -0.114. The van der Waals surface area contributed by atoms with Crippen molar-refractivity contribution in [3.05, 3.63) is 48.0 Å². The highest BCUT2D eigenvalue weighted by atomic mass is 28.4. The molecule has 194 valence electrons. The van der Waals surface area contributed by atoms with Crippen molar-refractivity contribution in [2.24, 2.45) is 11.8 Å². The molecule has 3 atom stereocenters. The standard InChI is InChI=1S/C29H52O3Si2/c1-23(18-20-26(30)21-19-25-16-14-13-15-17-25)27(32-34(11,12)29(6,7)8)24(2)22-31-33(9,10)28(3,4)5/h13-18,20,23-24,27H,19,21-22H2,1-12H3/b20-18+/t23-,24-,27+/m0/s1. The van der Waals surface area contributed by atoms with E-state index in [0.29, 0.717) is 13.0 Å². The van der Waals surface area contributed by atoms with E-state index in [4.69, 9.17) is 8.85 Å². The van der Waals surface area contributed by atoms with Crippen LogP contribution in [0.5, 0.6) is 0 Å². The second-order valence-electron chi connectivity index (χ2n) is 13.1. The van der Waals surface area contributed by atoms with Gasteiger partial charge in [-0.25, -0.2) is 0 Å². The highest BCUT2D eigenvalue weighted by molar-refractivity contribution is 6.74. The van der Waals surface area contributed by atoms with Crippen LogP contribution in [0.3, 0.4) is 0 Å². The number of allylic oxidation sites excluding steroid dienone is 1. The molecular formula is C29H52O3Si2. The molecule has 0 aromatic heterocycles. The van der Waals surface area contributed by atoms with Gasteiger partial charge in [0.1, 0.15) is 0 Å². The molecule has 1 aromatic carbocycles. The van der Waals surface area contributed by atoms with Gasteiger partial charge in [-0.15, -0.1) is 0 Å². The predicted molar refractivity (Wildman–Crippen MR) is 152 cm³/mol. The van der Waals surface area contributed by atoms with Gasteiger partial charge in [0.15, 0.2) is 22.4 Å². The predicted octanol–water partition coefficient (Wildman–Crippen LogP) is 8.43. The van der Waals surface area contributed by atoms with Gasteiger partial charge < -0.3 is 8.85 Å². The third-order valence-electron chi connectivity index (χ3n) is 7.92. The minimum Gasteiger partial charge on any atom is -0.416 e. The van der Waals surface area contributed by atoms with Gasteiger partial charge >= 0.3 is 0 Å². The molecule has 5 heteroatoms. The van der Waals surface area contributed by atoms with Gasteiger partial charge in [0.2, 0.25) is 0 Å². The molecule has 0 amide bonds. The topological polar surface area (TPSA) is 35.5 Å².